The largest absolute Gasteiger partial charge is 0.348 e. The molecule has 0 heterocycles. The second-order valence-corrected chi connectivity index (χ2v) is 8.71. The lowest BCUT2D eigenvalue weighted by Gasteiger charge is -2.21. The molecule has 0 spiro atoms. The molecule has 0 atom stereocenters. The van der Waals surface area contributed by atoms with Crippen LogP contribution in [0.2, 0.25) is 5.02 Å². The number of thiocarbonyl (C=S) groups is 1. The second-order valence-electron chi connectivity index (χ2n) is 5.73. The number of nitrogens with one attached hydrogen (secondary N) is 1. The van der Waals surface area contributed by atoms with Crippen molar-refractivity contribution < 1.29 is 8.42 Å². The number of nitrogens with zero attached hydrogens (tertiary/aromatic N) is 2. The Hall–Kier alpha value is -1.67. The summed E-state index contributed by atoms with van der Waals surface area (Å²) < 4.78 is 25.6. The van der Waals surface area contributed by atoms with Crippen LogP contribution in [0.3, 0.4) is 0 Å². The van der Waals surface area contributed by atoms with E-state index in [0.29, 0.717) is 22.4 Å². The monoisotopic (exact) mass is 397 g/mol. The molecule has 0 amide bonds. The van der Waals surface area contributed by atoms with Crippen molar-refractivity contribution in [3.05, 3.63) is 59.1 Å². The van der Waals surface area contributed by atoms with Crippen molar-refractivity contribution in [2.24, 2.45) is 0 Å². The van der Waals surface area contributed by atoms with E-state index in [-0.39, 0.29) is 4.90 Å². The van der Waals surface area contributed by atoms with Gasteiger partial charge >= 0.3 is 0 Å². The van der Waals surface area contributed by atoms with Gasteiger partial charge < -0.3 is 10.2 Å². The summed E-state index contributed by atoms with van der Waals surface area (Å²) in [6, 6.07) is 14.1. The van der Waals surface area contributed by atoms with Gasteiger partial charge in [-0.05, 0) is 48.1 Å². The number of anilines is 1. The maximum Gasteiger partial charge on any atom is 0.242 e. The van der Waals surface area contributed by atoms with Crippen LogP contribution in [0.25, 0.3) is 0 Å². The third-order valence-electron chi connectivity index (χ3n) is 3.52. The van der Waals surface area contributed by atoms with Crippen LogP contribution in [0.15, 0.2) is 53.4 Å². The van der Waals surface area contributed by atoms with E-state index < -0.39 is 10.0 Å². The smallest absolute Gasteiger partial charge is 0.242 e. The van der Waals surface area contributed by atoms with E-state index in [4.69, 9.17) is 23.8 Å². The molecule has 0 radical (unpaired) electrons. The van der Waals surface area contributed by atoms with Crippen molar-refractivity contribution in [2.45, 2.75) is 11.4 Å². The van der Waals surface area contributed by atoms with Crippen LogP contribution in [0, 0.1) is 0 Å². The molecule has 0 aliphatic heterocycles. The van der Waals surface area contributed by atoms with E-state index >= 15 is 0 Å². The second kappa shape index (κ2) is 8.14. The molecule has 2 rings (SSSR count). The van der Waals surface area contributed by atoms with Crippen molar-refractivity contribution in [3.63, 3.8) is 0 Å². The summed E-state index contributed by atoms with van der Waals surface area (Å²) in [6.45, 7) is 0.585. The molecule has 134 valence electrons. The summed E-state index contributed by atoms with van der Waals surface area (Å²) in [4.78, 5) is 2.07. The quantitative estimate of drug-likeness (QED) is 0.783. The van der Waals surface area contributed by atoms with Gasteiger partial charge in [-0.3, -0.25) is 0 Å². The van der Waals surface area contributed by atoms with Crippen molar-refractivity contribution in [1.82, 2.24) is 9.21 Å². The molecule has 0 aliphatic rings. The Morgan fingerprint density at radius 3 is 2.44 bits per heavy atom. The predicted octanol–water partition coefficient (Wildman–Crippen LogP) is 3.42. The zero-order valence-electron chi connectivity index (χ0n) is 14.2. The van der Waals surface area contributed by atoms with Crippen molar-refractivity contribution in [3.8, 4) is 0 Å². The van der Waals surface area contributed by atoms with Crippen LogP contribution in [-0.4, -0.2) is 43.9 Å². The Labute approximate surface area is 159 Å². The van der Waals surface area contributed by atoms with E-state index in [1.54, 1.807) is 24.3 Å². The van der Waals surface area contributed by atoms with E-state index in [2.05, 4.69) is 5.32 Å². The zero-order valence-corrected chi connectivity index (χ0v) is 16.6. The van der Waals surface area contributed by atoms with Crippen LogP contribution >= 0.6 is 23.8 Å². The molecule has 8 heteroatoms. The van der Waals surface area contributed by atoms with Gasteiger partial charge in [0.25, 0.3) is 0 Å². The number of hydrogen-bond donors (Lipinski definition) is 1. The Morgan fingerprint density at radius 2 is 1.80 bits per heavy atom. The molecular weight excluding hydrogens is 378 g/mol. The summed E-state index contributed by atoms with van der Waals surface area (Å²) in [7, 11) is 1.37. The van der Waals surface area contributed by atoms with Gasteiger partial charge in [0.1, 0.15) is 0 Å². The summed E-state index contributed by atoms with van der Waals surface area (Å²) >= 11 is 11.4. The van der Waals surface area contributed by atoms with E-state index in [0.717, 1.165) is 5.56 Å². The highest BCUT2D eigenvalue weighted by Gasteiger charge is 2.17. The van der Waals surface area contributed by atoms with Crippen molar-refractivity contribution >= 4 is 44.6 Å². The van der Waals surface area contributed by atoms with E-state index in [1.807, 2.05) is 36.2 Å². The summed E-state index contributed by atoms with van der Waals surface area (Å²) in [5, 5.41) is 4.23. The first kappa shape index (κ1) is 19.7. The molecule has 0 unspecified atom stereocenters. The molecule has 0 aliphatic carbocycles. The molecule has 2 aromatic carbocycles. The van der Waals surface area contributed by atoms with Gasteiger partial charge in [0, 0.05) is 38.4 Å². The van der Waals surface area contributed by atoms with Gasteiger partial charge in [-0.1, -0.05) is 29.8 Å². The first-order valence-electron chi connectivity index (χ1n) is 7.49. The first-order valence-corrected chi connectivity index (χ1v) is 9.72. The minimum atomic E-state index is -3.49. The van der Waals surface area contributed by atoms with E-state index in [9.17, 15) is 8.42 Å². The van der Waals surface area contributed by atoms with Gasteiger partial charge in [0.05, 0.1) is 4.90 Å². The SMILES string of the molecule is CN(Cc1cccc(Cl)c1)C(=S)Nc1cccc(S(=O)(=O)N(C)C)c1. The van der Waals surface area contributed by atoms with Gasteiger partial charge in [-0.25, -0.2) is 12.7 Å². The number of halogens is 1. The summed E-state index contributed by atoms with van der Waals surface area (Å²) in [5.41, 5.74) is 1.65. The van der Waals surface area contributed by atoms with E-state index in [1.165, 1.54) is 18.4 Å². The maximum absolute atomic E-state index is 12.2. The fraction of sp³-hybridized carbons (Fsp3) is 0.235. The lowest BCUT2D eigenvalue weighted by atomic mass is 10.2. The van der Waals surface area contributed by atoms with Gasteiger partial charge in [-0.15, -0.1) is 0 Å². The average Bonchev–Trinajstić information content (AvgIpc) is 2.54. The van der Waals surface area contributed by atoms with Crippen LogP contribution in [0.4, 0.5) is 5.69 Å². The first-order chi connectivity index (χ1) is 11.7. The van der Waals surface area contributed by atoms with Gasteiger partial charge in [-0.2, -0.15) is 0 Å². The minimum absolute atomic E-state index is 0.211. The topological polar surface area (TPSA) is 52.7 Å². The molecule has 25 heavy (non-hydrogen) atoms. The molecule has 0 fully saturated rings. The average molecular weight is 398 g/mol. The highest BCUT2D eigenvalue weighted by Crippen LogP contribution is 2.19. The zero-order chi connectivity index (χ0) is 18.6. The molecule has 0 bridgehead atoms. The standard InChI is InChI=1S/C17H20ClN3O2S2/c1-20(2)25(22,23)16-9-5-8-15(11-16)19-17(24)21(3)12-13-6-4-7-14(18)10-13/h4-11H,12H2,1-3H3,(H,19,24). The number of sulfonamides is 1. The fourth-order valence-corrected chi connectivity index (χ4v) is 3.49. The van der Waals surface area contributed by atoms with Gasteiger partial charge in [0.2, 0.25) is 10.0 Å². The highest BCUT2D eigenvalue weighted by atomic mass is 35.5. The van der Waals surface area contributed by atoms with Crippen molar-refractivity contribution in [1.29, 1.82) is 0 Å². The van der Waals surface area contributed by atoms with Crippen LogP contribution < -0.4 is 5.32 Å². The summed E-state index contributed by atoms with van der Waals surface area (Å²) in [5.74, 6) is 0. The summed E-state index contributed by atoms with van der Waals surface area (Å²) in [6.07, 6.45) is 0. The molecule has 0 saturated heterocycles. The molecule has 0 aromatic heterocycles. The van der Waals surface area contributed by atoms with Crippen LogP contribution in [0.5, 0.6) is 0 Å². The lowest BCUT2D eigenvalue weighted by molar-refractivity contribution is 0.508. The minimum Gasteiger partial charge on any atom is -0.348 e. The number of benzene rings is 2. The Morgan fingerprint density at radius 1 is 1.12 bits per heavy atom. The molecule has 5 nitrogen and oxygen atoms in total. The Bertz CT molecular complexity index is 870. The predicted molar refractivity (Wildman–Crippen MR) is 106 cm³/mol. The number of hydrogen-bond acceptors (Lipinski definition) is 3. The fourth-order valence-electron chi connectivity index (χ4n) is 2.15. The molecule has 1 N–H and O–H groups in total. The third kappa shape index (κ3) is 5.15. The maximum atomic E-state index is 12.2. The van der Waals surface area contributed by atoms with Crippen LogP contribution in [-0.2, 0) is 16.6 Å². The third-order valence-corrected chi connectivity index (χ3v) is 5.98. The highest BCUT2D eigenvalue weighted by molar-refractivity contribution is 7.89. The Balaban J connectivity index is 2.10. The van der Waals surface area contributed by atoms with Crippen LogP contribution in [0.1, 0.15) is 5.56 Å². The molecular formula is C17H20ClN3O2S2. The molecule has 0 saturated carbocycles. The lowest BCUT2D eigenvalue weighted by Crippen LogP contribution is -2.30. The van der Waals surface area contributed by atoms with Gasteiger partial charge in [0.15, 0.2) is 5.11 Å². The van der Waals surface area contributed by atoms with Crippen molar-refractivity contribution in [2.75, 3.05) is 26.5 Å². The molecule has 2 aromatic rings. The number of rotatable bonds is 5. The normalized spacial score (nSPS) is 11.4. The Kier molecular flexibility index (Phi) is 6.40.